The first-order valence-corrected chi connectivity index (χ1v) is 8.52. The average Bonchev–Trinajstić information content (AvgIpc) is 2.56. The van der Waals surface area contributed by atoms with Crippen molar-refractivity contribution in [2.24, 2.45) is 0 Å². The molecule has 0 aromatic heterocycles. The highest BCUT2D eigenvalue weighted by Crippen LogP contribution is 2.09. The number of aliphatic hydroxyl groups is 2. The maximum Gasteiger partial charge on any atom is 0.159 e. The Hall–Kier alpha value is -2.30. The minimum Gasteiger partial charge on any atom is -0.394 e. The molecule has 0 saturated heterocycles. The summed E-state index contributed by atoms with van der Waals surface area (Å²) < 4.78 is 0. The van der Waals surface area contributed by atoms with E-state index in [-0.39, 0.29) is 23.8 Å². The lowest BCUT2D eigenvalue weighted by molar-refractivity contribution is -0.115. The first kappa shape index (κ1) is 25.9. The van der Waals surface area contributed by atoms with Crippen LogP contribution in [0.2, 0.25) is 0 Å². The molecule has 144 valence electrons. The average molecular weight is 360 g/mol. The number of benzene rings is 2. The van der Waals surface area contributed by atoms with Crippen LogP contribution in [0.1, 0.15) is 63.6 Å². The Kier molecular flexibility index (Phi) is 16.1. The number of hydrogen-bond acceptors (Lipinski definition) is 4. The van der Waals surface area contributed by atoms with Crippen molar-refractivity contribution in [3.8, 4) is 0 Å². The molecule has 2 aromatic carbocycles. The lowest BCUT2D eigenvalue weighted by atomic mass is 10.1. The van der Waals surface area contributed by atoms with Crippen LogP contribution >= 0.6 is 0 Å². The highest BCUT2D eigenvalue weighted by Gasteiger charge is 1.95. The molecular weight excluding hydrogens is 328 g/mol. The standard InChI is InChI=1S/C8H10O.C8H8O.C3H8O.C3H6O/c2*1-7(9)8-5-3-2-4-6-8;2*1-3(2)4/h2-7,9H,1H3;2-6H,1H3;3-4H,1-2H3;1-2H3. The van der Waals surface area contributed by atoms with Gasteiger partial charge in [0.25, 0.3) is 0 Å². The first-order chi connectivity index (χ1) is 12.1. The third-order valence-electron chi connectivity index (χ3n) is 2.46. The molecule has 0 heterocycles. The molecule has 0 aliphatic heterocycles. The summed E-state index contributed by atoms with van der Waals surface area (Å²) in [5, 5.41) is 17.1. The molecule has 2 N–H and O–H groups in total. The van der Waals surface area contributed by atoms with E-state index in [1.54, 1.807) is 27.7 Å². The van der Waals surface area contributed by atoms with Gasteiger partial charge in [-0.05, 0) is 47.1 Å². The van der Waals surface area contributed by atoms with Crippen LogP contribution in [0.3, 0.4) is 0 Å². The lowest BCUT2D eigenvalue weighted by Crippen LogP contribution is -1.88. The molecule has 1 atom stereocenters. The van der Waals surface area contributed by atoms with E-state index in [9.17, 15) is 9.59 Å². The number of hydrogen-bond donors (Lipinski definition) is 2. The van der Waals surface area contributed by atoms with E-state index < -0.39 is 0 Å². The molecule has 4 nitrogen and oxygen atoms in total. The second kappa shape index (κ2) is 16.2. The van der Waals surface area contributed by atoms with Gasteiger partial charge in [0.1, 0.15) is 5.78 Å². The quantitative estimate of drug-likeness (QED) is 0.767. The van der Waals surface area contributed by atoms with E-state index in [1.165, 1.54) is 13.8 Å². The van der Waals surface area contributed by atoms with Crippen LogP contribution in [0.4, 0.5) is 0 Å². The highest BCUT2D eigenvalue weighted by molar-refractivity contribution is 5.93. The Morgan fingerprint density at radius 2 is 1.04 bits per heavy atom. The van der Waals surface area contributed by atoms with Gasteiger partial charge in [-0.25, -0.2) is 0 Å². The van der Waals surface area contributed by atoms with Gasteiger partial charge in [0.2, 0.25) is 0 Å². The molecule has 0 amide bonds. The number of carbonyl (C=O) groups is 2. The van der Waals surface area contributed by atoms with Gasteiger partial charge in [0.15, 0.2) is 5.78 Å². The lowest BCUT2D eigenvalue weighted by Gasteiger charge is -2.00. The van der Waals surface area contributed by atoms with E-state index in [2.05, 4.69) is 0 Å². The molecule has 0 aliphatic carbocycles. The van der Waals surface area contributed by atoms with Crippen molar-refractivity contribution in [1.82, 2.24) is 0 Å². The SMILES string of the molecule is CC(=O)c1ccccc1.CC(C)=O.CC(C)O.CC(O)c1ccccc1. The van der Waals surface area contributed by atoms with E-state index in [4.69, 9.17) is 10.2 Å². The summed E-state index contributed by atoms with van der Waals surface area (Å²) in [7, 11) is 0. The van der Waals surface area contributed by atoms with Crippen LogP contribution < -0.4 is 0 Å². The summed E-state index contributed by atoms with van der Waals surface area (Å²) in [6.07, 6.45) is -0.508. The Labute approximate surface area is 157 Å². The van der Waals surface area contributed by atoms with Gasteiger partial charge in [0, 0.05) is 11.7 Å². The first-order valence-electron chi connectivity index (χ1n) is 8.52. The van der Waals surface area contributed by atoms with Crippen molar-refractivity contribution in [2.45, 2.75) is 53.8 Å². The predicted molar refractivity (Wildman–Crippen MR) is 107 cm³/mol. The van der Waals surface area contributed by atoms with E-state index in [0.29, 0.717) is 0 Å². The molecule has 0 fully saturated rings. The third kappa shape index (κ3) is 19.7. The summed E-state index contributed by atoms with van der Waals surface area (Å²) in [5.41, 5.74) is 1.75. The maximum absolute atomic E-state index is 10.6. The summed E-state index contributed by atoms with van der Waals surface area (Å²) in [4.78, 5) is 20.1. The summed E-state index contributed by atoms with van der Waals surface area (Å²) >= 11 is 0. The van der Waals surface area contributed by atoms with Crippen LogP contribution in [0.5, 0.6) is 0 Å². The Morgan fingerprint density at radius 1 is 0.731 bits per heavy atom. The number of ketones is 2. The largest absolute Gasteiger partial charge is 0.394 e. The smallest absolute Gasteiger partial charge is 0.159 e. The number of Topliss-reactive ketones (excluding diaryl/α,β-unsaturated/α-hetero) is 2. The van der Waals surface area contributed by atoms with Gasteiger partial charge < -0.3 is 15.0 Å². The van der Waals surface area contributed by atoms with Crippen LogP contribution in [0.15, 0.2) is 60.7 Å². The summed E-state index contributed by atoms with van der Waals surface area (Å²) in [5.74, 6) is 0.288. The molecule has 0 radical (unpaired) electrons. The fourth-order valence-corrected chi connectivity index (χ4v) is 1.40. The predicted octanol–water partition coefficient (Wildman–Crippen LogP) is 4.61. The summed E-state index contributed by atoms with van der Waals surface area (Å²) in [6, 6.07) is 18.8. The topological polar surface area (TPSA) is 74.6 Å². The molecule has 0 saturated carbocycles. The zero-order valence-corrected chi connectivity index (χ0v) is 16.6. The van der Waals surface area contributed by atoms with Crippen LogP contribution in [-0.4, -0.2) is 27.9 Å². The van der Waals surface area contributed by atoms with Crippen LogP contribution in [0, 0.1) is 0 Å². The number of carbonyl (C=O) groups excluding carboxylic acids is 2. The van der Waals surface area contributed by atoms with Gasteiger partial charge in [-0.3, -0.25) is 4.79 Å². The molecular formula is C22H32O4. The van der Waals surface area contributed by atoms with Crippen molar-refractivity contribution in [1.29, 1.82) is 0 Å². The zero-order chi connectivity index (χ0) is 20.5. The van der Waals surface area contributed by atoms with E-state index in [1.807, 2.05) is 60.7 Å². The minimum absolute atomic E-state index is 0.121. The number of aliphatic hydroxyl groups excluding tert-OH is 2. The van der Waals surface area contributed by atoms with Gasteiger partial charge >= 0.3 is 0 Å². The van der Waals surface area contributed by atoms with Gasteiger partial charge in [0.05, 0.1) is 6.10 Å². The van der Waals surface area contributed by atoms with Gasteiger partial charge in [-0.15, -0.1) is 0 Å². The zero-order valence-electron chi connectivity index (χ0n) is 16.6. The highest BCUT2D eigenvalue weighted by atomic mass is 16.3. The normalized spacial score (nSPS) is 10.0. The molecule has 2 rings (SSSR count). The van der Waals surface area contributed by atoms with Gasteiger partial charge in [-0.2, -0.15) is 0 Å². The van der Waals surface area contributed by atoms with Crippen molar-refractivity contribution < 1.29 is 19.8 Å². The van der Waals surface area contributed by atoms with E-state index >= 15 is 0 Å². The van der Waals surface area contributed by atoms with Crippen LogP contribution in [-0.2, 0) is 4.79 Å². The fraction of sp³-hybridized carbons (Fsp3) is 0.364. The molecule has 4 heteroatoms. The van der Waals surface area contributed by atoms with E-state index in [0.717, 1.165) is 11.1 Å². The fourth-order valence-electron chi connectivity index (χ4n) is 1.40. The molecule has 0 spiro atoms. The van der Waals surface area contributed by atoms with Crippen molar-refractivity contribution in [3.63, 3.8) is 0 Å². The Bertz CT molecular complexity index is 583. The third-order valence-corrected chi connectivity index (χ3v) is 2.46. The number of rotatable bonds is 2. The monoisotopic (exact) mass is 360 g/mol. The van der Waals surface area contributed by atoms with Crippen molar-refractivity contribution in [3.05, 3.63) is 71.8 Å². The van der Waals surface area contributed by atoms with Crippen molar-refractivity contribution >= 4 is 11.6 Å². The molecule has 26 heavy (non-hydrogen) atoms. The molecule has 1 unspecified atom stereocenters. The second-order valence-electron chi connectivity index (χ2n) is 6.01. The van der Waals surface area contributed by atoms with Gasteiger partial charge in [-0.1, -0.05) is 60.7 Å². The Balaban J connectivity index is 0. The molecule has 0 bridgehead atoms. The second-order valence-corrected chi connectivity index (χ2v) is 6.01. The molecule has 2 aromatic rings. The van der Waals surface area contributed by atoms with Crippen molar-refractivity contribution in [2.75, 3.05) is 0 Å². The summed E-state index contributed by atoms with van der Waals surface area (Å²) in [6.45, 7) is 9.82. The Morgan fingerprint density at radius 3 is 1.23 bits per heavy atom. The maximum atomic E-state index is 10.6. The van der Waals surface area contributed by atoms with Crippen LogP contribution in [0.25, 0.3) is 0 Å². The molecule has 0 aliphatic rings. The minimum atomic E-state index is -0.341.